The molecule has 0 amide bonds. The number of allylic oxidation sites excluding steroid dienone is 4. The van der Waals surface area contributed by atoms with E-state index in [9.17, 15) is 4.79 Å². The Balaban J connectivity index is 0.000000281. The van der Waals surface area contributed by atoms with E-state index in [4.69, 9.17) is 9.84 Å². The maximum Gasteiger partial charge on any atom is 0.152 e. The highest BCUT2D eigenvalue weighted by Crippen LogP contribution is 2.28. The maximum atomic E-state index is 10.3. The van der Waals surface area contributed by atoms with Gasteiger partial charge in [0.15, 0.2) is 6.29 Å². The van der Waals surface area contributed by atoms with Crippen molar-refractivity contribution >= 4 is 17.5 Å². The van der Waals surface area contributed by atoms with Crippen LogP contribution in [0.1, 0.15) is 27.9 Å². The molecule has 0 spiro atoms. The number of carbonyl (C=O) groups excluding carboxylic acids is 1. The molecule has 148 valence electrons. The van der Waals surface area contributed by atoms with Gasteiger partial charge in [-0.2, -0.15) is 0 Å². The lowest BCUT2D eigenvalue weighted by molar-refractivity contribution is 0.112. The highest BCUT2D eigenvalue weighted by Gasteiger charge is 2.10. The zero-order chi connectivity index (χ0) is 20.8. The number of hydrogen-bond donors (Lipinski definition) is 2. The van der Waals surface area contributed by atoms with Gasteiger partial charge in [-0.15, -0.1) is 0 Å². The number of ether oxygens (including phenoxy) is 1. The lowest BCUT2D eigenvalue weighted by atomic mass is 9.99. The first-order valence-corrected chi connectivity index (χ1v) is 8.96. The van der Waals surface area contributed by atoms with Crippen LogP contribution in [0.25, 0.3) is 5.57 Å². The summed E-state index contributed by atoms with van der Waals surface area (Å²) in [5, 5.41) is 9.85. The molecule has 0 saturated heterocycles. The van der Waals surface area contributed by atoms with Crippen molar-refractivity contribution in [1.29, 1.82) is 0 Å². The van der Waals surface area contributed by atoms with Gasteiger partial charge in [-0.25, -0.2) is 0 Å². The number of pyridine rings is 1. The van der Waals surface area contributed by atoms with E-state index in [-0.39, 0.29) is 0 Å². The van der Waals surface area contributed by atoms with Gasteiger partial charge in [0.05, 0.1) is 18.5 Å². The number of nitrogens with one attached hydrogen (secondary N) is 1. The van der Waals surface area contributed by atoms with E-state index >= 15 is 0 Å². The molecule has 2 heterocycles. The minimum absolute atomic E-state index is 0.637. The summed E-state index contributed by atoms with van der Waals surface area (Å²) >= 11 is 0. The van der Waals surface area contributed by atoms with Gasteiger partial charge in [-0.3, -0.25) is 9.78 Å². The van der Waals surface area contributed by atoms with E-state index in [1.165, 1.54) is 5.56 Å². The van der Waals surface area contributed by atoms with E-state index in [1.54, 1.807) is 31.6 Å². The first kappa shape index (κ1) is 22.9. The molecular formula is C23H28N2O3. The Hall–Kier alpha value is -3.18. The largest absolute Gasteiger partial charge is 0.493 e. The molecule has 1 aliphatic heterocycles. The van der Waals surface area contributed by atoms with Crippen molar-refractivity contribution in [2.24, 2.45) is 0 Å². The second-order valence-corrected chi connectivity index (χ2v) is 5.67. The molecule has 1 aliphatic rings. The minimum atomic E-state index is 0.637. The number of nitrogens with zero attached hydrogens (tertiary/aromatic N) is 1. The van der Waals surface area contributed by atoms with Crippen LogP contribution in [-0.2, 0) is 6.42 Å². The summed E-state index contributed by atoms with van der Waals surface area (Å²) in [7, 11) is 2.75. The van der Waals surface area contributed by atoms with Crippen LogP contribution in [0, 0.1) is 0 Å². The fourth-order valence-electron chi connectivity index (χ4n) is 2.65. The molecule has 0 bridgehead atoms. The van der Waals surface area contributed by atoms with Gasteiger partial charge < -0.3 is 15.2 Å². The molecule has 28 heavy (non-hydrogen) atoms. The van der Waals surface area contributed by atoms with E-state index in [0.29, 0.717) is 5.56 Å². The topological polar surface area (TPSA) is 71.5 Å². The molecule has 2 aromatic rings. The second kappa shape index (κ2) is 13.1. The molecule has 0 radical (unpaired) electrons. The third-order valence-corrected chi connectivity index (χ3v) is 4.02. The summed E-state index contributed by atoms with van der Waals surface area (Å²) in [4.78, 5) is 14.2. The summed E-state index contributed by atoms with van der Waals surface area (Å²) in [5.74, 6) is 1.01. The summed E-state index contributed by atoms with van der Waals surface area (Å²) in [6, 6.07) is 8.01. The average molecular weight is 380 g/mol. The van der Waals surface area contributed by atoms with E-state index in [2.05, 4.69) is 41.7 Å². The summed E-state index contributed by atoms with van der Waals surface area (Å²) in [5.41, 5.74) is 4.91. The van der Waals surface area contributed by atoms with Crippen molar-refractivity contribution in [3.63, 3.8) is 0 Å². The van der Waals surface area contributed by atoms with Crippen molar-refractivity contribution in [2.45, 2.75) is 12.8 Å². The molecule has 0 aliphatic carbocycles. The van der Waals surface area contributed by atoms with Crippen LogP contribution in [0.5, 0.6) is 5.75 Å². The molecule has 0 saturated carbocycles. The summed E-state index contributed by atoms with van der Waals surface area (Å²) in [6.07, 6.45) is 11.8. The van der Waals surface area contributed by atoms with Crippen LogP contribution in [0.15, 0.2) is 68.0 Å². The Bertz CT molecular complexity index is 813. The summed E-state index contributed by atoms with van der Waals surface area (Å²) < 4.78 is 5.65. The van der Waals surface area contributed by atoms with Gasteiger partial charge in [0.2, 0.25) is 0 Å². The highest BCUT2D eigenvalue weighted by molar-refractivity contribution is 5.83. The smallest absolute Gasteiger partial charge is 0.152 e. The number of anilines is 1. The van der Waals surface area contributed by atoms with Crippen molar-refractivity contribution in [1.82, 2.24) is 4.98 Å². The van der Waals surface area contributed by atoms with Crippen LogP contribution in [0.4, 0.5) is 5.69 Å². The first-order chi connectivity index (χ1) is 13.7. The summed E-state index contributed by atoms with van der Waals surface area (Å²) in [6.45, 7) is 8.34. The zero-order valence-electron chi connectivity index (χ0n) is 16.5. The third-order valence-electron chi connectivity index (χ3n) is 4.02. The number of aryl methyl sites for hydroxylation is 1. The zero-order valence-corrected chi connectivity index (χ0v) is 16.5. The normalized spacial score (nSPS) is 11.9. The molecule has 0 fully saturated rings. The van der Waals surface area contributed by atoms with Crippen molar-refractivity contribution in [2.75, 3.05) is 26.1 Å². The maximum absolute atomic E-state index is 10.3. The predicted octanol–water partition coefficient (Wildman–Crippen LogP) is 4.31. The Labute approximate surface area is 167 Å². The van der Waals surface area contributed by atoms with Crippen molar-refractivity contribution in [3.8, 4) is 5.75 Å². The van der Waals surface area contributed by atoms with Gasteiger partial charge >= 0.3 is 0 Å². The van der Waals surface area contributed by atoms with Crippen LogP contribution in [0.2, 0.25) is 0 Å². The minimum Gasteiger partial charge on any atom is -0.493 e. The third kappa shape index (κ3) is 6.52. The van der Waals surface area contributed by atoms with Crippen molar-refractivity contribution in [3.05, 3.63) is 84.7 Å². The fraction of sp³-hybridized carbons (Fsp3) is 0.217. The van der Waals surface area contributed by atoms with Gasteiger partial charge in [0.25, 0.3) is 0 Å². The van der Waals surface area contributed by atoms with Gasteiger partial charge in [0, 0.05) is 25.9 Å². The van der Waals surface area contributed by atoms with Crippen molar-refractivity contribution < 1.29 is 14.6 Å². The van der Waals surface area contributed by atoms with Gasteiger partial charge in [0.1, 0.15) is 5.75 Å². The van der Waals surface area contributed by atoms with Crippen LogP contribution >= 0.6 is 0 Å². The number of aromatic nitrogens is 1. The molecule has 0 unspecified atom stereocenters. The monoisotopic (exact) mass is 380 g/mol. The molecule has 3 rings (SSSR count). The Morgan fingerprint density at radius 3 is 2.68 bits per heavy atom. The number of hydrogen-bond acceptors (Lipinski definition) is 5. The fourth-order valence-corrected chi connectivity index (χ4v) is 2.65. The molecule has 2 N–H and O–H groups in total. The first-order valence-electron chi connectivity index (χ1n) is 8.96. The lowest BCUT2D eigenvalue weighted by Crippen LogP contribution is -2.08. The molecule has 1 aromatic heterocycles. The van der Waals surface area contributed by atoms with E-state index < -0.39 is 0 Å². The SMILES string of the molecule is C=C/C=C(\C=C)c1ccc2c(c1)OCCC2.CNc1cnccc1C=O.CO. The average Bonchev–Trinajstić information content (AvgIpc) is 2.78. The number of aldehydes is 1. The number of aliphatic hydroxyl groups is 1. The number of benzene rings is 1. The quantitative estimate of drug-likeness (QED) is 0.597. The Morgan fingerprint density at radius 2 is 2.07 bits per heavy atom. The van der Waals surface area contributed by atoms with Gasteiger partial charge in [-0.1, -0.05) is 43.5 Å². The molecule has 5 nitrogen and oxygen atoms in total. The molecule has 0 atom stereocenters. The standard InChI is InChI=1S/C15H16O.C7H8N2O.CH4O/c1-3-6-12(4-2)14-9-8-13-7-5-10-16-15(13)11-14;1-8-7-4-9-3-2-6(7)5-10;1-2/h3-4,6,8-9,11H,1-2,5,7,10H2;2-5,8H,1H3;2H,1H3/b12-6+;;. The highest BCUT2D eigenvalue weighted by atomic mass is 16.5. The number of rotatable bonds is 5. The number of aliphatic hydroxyl groups excluding tert-OH is 1. The molecule has 5 heteroatoms. The predicted molar refractivity (Wildman–Crippen MR) is 116 cm³/mol. The number of carbonyl (C=O) groups is 1. The Morgan fingerprint density at radius 1 is 1.29 bits per heavy atom. The molecule has 1 aromatic carbocycles. The lowest BCUT2D eigenvalue weighted by Gasteiger charge is -2.18. The molecular weight excluding hydrogens is 352 g/mol. The van der Waals surface area contributed by atoms with Crippen LogP contribution in [0.3, 0.4) is 0 Å². The second-order valence-electron chi connectivity index (χ2n) is 5.67. The van der Waals surface area contributed by atoms with E-state index in [0.717, 1.165) is 55.4 Å². The van der Waals surface area contributed by atoms with E-state index in [1.807, 2.05) is 12.2 Å². The van der Waals surface area contributed by atoms with Gasteiger partial charge in [-0.05, 0) is 41.7 Å². The Kier molecular flexibility index (Phi) is 10.7. The van der Waals surface area contributed by atoms with Crippen LogP contribution in [-0.4, -0.2) is 37.1 Å². The van der Waals surface area contributed by atoms with Crippen LogP contribution < -0.4 is 10.1 Å². The number of fused-ring (bicyclic) bond motifs is 1.